The Balaban J connectivity index is 2.21. The Hall–Kier alpha value is -0.530. The molecule has 2 heteroatoms. The first-order chi connectivity index (χ1) is 7.29. The van der Waals surface area contributed by atoms with Gasteiger partial charge in [0.2, 0.25) is 5.91 Å². The van der Waals surface area contributed by atoms with Gasteiger partial charge in [-0.3, -0.25) is 4.79 Å². The number of hydrogen-bond acceptors (Lipinski definition) is 1. The summed E-state index contributed by atoms with van der Waals surface area (Å²) >= 11 is 0. The number of amides is 1. The molecule has 1 amide bonds. The summed E-state index contributed by atoms with van der Waals surface area (Å²) in [5.74, 6) is 0.399. The molecule has 0 aliphatic carbocycles. The van der Waals surface area contributed by atoms with E-state index in [-0.39, 0.29) is 0 Å². The van der Waals surface area contributed by atoms with Crippen molar-refractivity contribution in [3.63, 3.8) is 0 Å². The van der Waals surface area contributed by atoms with E-state index in [0.29, 0.717) is 11.9 Å². The maximum atomic E-state index is 11.9. The quantitative estimate of drug-likeness (QED) is 0.617. The molecule has 1 rings (SSSR count). The van der Waals surface area contributed by atoms with Crippen LogP contribution >= 0.6 is 0 Å². The standard InChI is InChI=1S/C13H25NO/c1-3-5-6-7-10-13(15)14-11-8-9-12(14)4-2/h12H,3-11H2,1-2H3. The number of carbonyl (C=O) groups excluding carboxylic acids is 1. The van der Waals surface area contributed by atoms with Crippen molar-refractivity contribution >= 4 is 5.91 Å². The van der Waals surface area contributed by atoms with Gasteiger partial charge in [0.25, 0.3) is 0 Å². The first kappa shape index (κ1) is 12.5. The van der Waals surface area contributed by atoms with E-state index in [4.69, 9.17) is 0 Å². The van der Waals surface area contributed by atoms with Crippen molar-refractivity contribution in [2.45, 2.75) is 71.3 Å². The zero-order chi connectivity index (χ0) is 11.1. The smallest absolute Gasteiger partial charge is 0.222 e. The van der Waals surface area contributed by atoms with Crippen LogP contribution in [0.4, 0.5) is 0 Å². The molecule has 0 bridgehead atoms. The molecule has 0 aromatic rings. The Kier molecular flexibility index (Phi) is 5.74. The monoisotopic (exact) mass is 211 g/mol. The Morgan fingerprint density at radius 1 is 1.27 bits per heavy atom. The highest BCUT2D eigenvalue weighted by Gasteiger charge is 2.26. The van der Waals surface area contributed by atoms with Gasteiger partial charge in [0.15, 0.2) is 0 Å². The molecule has 1 aliphatic rings. The summed E-state index contributed by atoms with van der Waals surface area (Å²) in [4.78, 5) is 14.0. The lowest BCUT2D eigenvalue weighted by atomic mass is 10.1. The van der Waals surface area contributed by atoms with Gasteiger partial charge in [-0.25, -0.2) is 0 Å². The number of nitrogens with zero attached hydrogens (tertiary/aromatic N) is 1. The van der Waals surface area contributed by atoms with Crippen molar-refractivity contribution in [2.75, 3.05) is 6.54 Å². The van der Waals surface area contributed by atoms with Crippen LogP contribution in [0.15, 0.2) is 0 Å². The predicted molar refractivity (Wildman–Crippen MR) is 63.8 cm³/mol. The maximum Gasteiger partial charge on any atom is 0.222 e. The third-order valence-electron chi connectivity index (χ3n) is 3.41. The molecule has 1 heterocycles. The minimum absolute atomic E-state index is 0.399. The summed E-state index contributed by atoms with van der Waals surface area (Å²) in [5.41, 5.74) is 0. The Morgan fingerprint density at radius 2 is 2.07 bits per heavy atom. The first-order valence-electron chi connectivity index (χ1n) is 6.59. The minimum atomic E-state index is 0.399. The molecule has 0 saturated carbocycles. The molecule has 88 valence electrons. The van der Waals surface area contributed by atoms with Crippen molar-refractivity contribution in [3.05, 3.63) is 0 Å². The van der Waals surface area contributed by atoms with E-state index in [1.54, 1.807) is 0 Å². The van der Waals surface area contributed by atoms with Crippen LogP contribution in [0.2, 0.25) is 0 Å². The van der Waals surface area contributed by atoms with E-state index in [2.05, 4.69) is 18.7 Å². The molecule has 0 aromatic heterocycles. The highest BCUT2D eigenvalue weighted by atomic mass is 16.2. The average molecular weight is 211 g/mol. The summed E-state index contributed by atoms with van der Waals surface area (Å²) in [7, 11) is 0. The van der Waals surface area contributed by atoms with Gasteiger partial charge in [-0.15, -0.1) is 0 Å². The van der Waals surface area contributed by atoms with Crippen LogP contribution in [0.3, 0.4) is 0 Å². The summed E-state index contributed by atoms with van der Waals surface area (Å²) in [6, 6.07) is 0.545. The second kappa shape index (κ2) is 6.86. The Labute approximate surface area is 94.0 Å². The number of hydrogen-bond donors (Lipinski definition) is 0. The number of carbonyl (C=O) groups is 1. The molecule has 1 unspecified atom stereocenters. The summed E-state index contributed by atoms with van der Waals surface area (Å²) in [6.07, 6.45) is 9.14. The van der Waals surface area contributed by atoms with E-state index < -0.39 is 0 Å². The van der Waals surface area contributed by atoms with Crippen molar-refractivity contribution < 1.29 is 4.79 Å². The number of likely N-dealkylation sites (tertiary alicyclic amines) is 1. The van der Waals surface area contributed by atoms with E-state index in [0.717, 1.165) is 25.8 Å². The fourth-order valence-electron chi connectivity index (χ4n) is 2.44. The SMILES string of the molecule is CCCCCCC(=O)N1CCCC1CC. The molecule has 2 nitrogen and oxygen atoms in total. The molecule has 15 heavy (non-hydrogen) atoms. The Morgan fingerprint density at radius 3 is 2.73 bits per heavy atom. The van der Waals surface area contributed by atoms with Gasteiger partial charge in [-0.1, -0.05) is 33.1 Å². The van der Waals surface area contributed by atoms with Gasteiger partial charge >= 0.3 is 0 Å². The van der Waals surface area contributed by atoms with Gasteiger partial charge in [0.05, 0.1) is 0 Å². The summed E-state index contributed by atoms with van der Waals surface area (Å²) in [6.45, 7) is 5.40. The largest absolute Gasteiger partial charge is 0.340 e. The van der Waals surface area contributed by atoms with Gasteiger partial charge in [-0.2, -0.15) is 0 Å². The van der Waals surface area contributed by atoms with Crippen LogP contribution < -0.4 is 0 Å². The Bertz CT molecular complexity index is 191. The van der Waals surface area contributed by atoms with Crippen molar-refractivity contribution in [3.8, 4) is 0 Å². The minimum Gasteiger partial charge on any atom is -0.340 e. The highest BCUT2D eigenvalue weighted by molar-refractivity contribution is 5.76. The first-order valence-corrected chi connectivity index (χ1v) is 6.59. The fraction of sp³-hybridized carbons (Fsp3) is 0.923. The summed E-state index contributed by atoms with van der Waals surface area (Å²) in [5, 5.41) is 0. The molecule has 0 spiro atoms. The molecule has 0 radical (unpaired) electrons. The van der Waals surface area contributed by atoms with E-state index in [1.165, 1.54) is 32.1 Å². The van der Waals surface area contributed by atoms with E-state index in [1.807, 2.05) is 0 Å². The van der Waals surface area contributed by atoms with Crippen LogP contribution in [-0.2, 0) is 4.79 Å². The molecule has 1 aliphatic heterocycles. The average Bonchev–Trinajstić information content (AvgIpc) is 2.72. The number of unbranched alkanes of at least 4 members (excludes halogenated alkanes) is 3. The lowest BCUT2D eigenvalue weighted by Gasteiger charge is -2.23. The molecular weight excluding hydrogens is 186 g/mol. The lowest BCUT2D eigenvalue weighted by Crippen LogP contribution is -2.34. The molecule has 1 fully saturated rings. The van der Waals surface area contributed by atoms with Gasteiger partial charge in [0.1, 0.15) is 0 Å². The van der Waals surface area contributed by atoms with Crippen LogP contribution in [0.25, 0.3) is 0 Å². The molecular formula is C13H25NO. The van der Waals surface area contributed by atoms with Crippen molar-refractivity contribution in [1.82, 2.24) is 4.90 Å². The fourth-order valence-corrected chi connectivity index (χ4v) is 2.44. The predicted octanol–water partition coefficient (Wildman–Crippen LogP) is 3.36. The summed E-state index contributed by atoms with van der Waals surface area (Å²) < 4.78 is 0. The second-order valence-electron chi connectivity index (χ2n) is 4.60. The molecule has 0 N–H and O–H groups in total. The molecule has 1 atom stereocenters. The second-order valence-corrected chi connectivity index (χ2v) is 4.60. The van der Waals surface area contributed by atoms with Crippen molar-refractivity contribution in [1.29, 1.82) is 0 Å². The lowest BCUT2D eigenvalue weighted by molar-refractivity contribution is -0.132. The highest BCUT2D eigenvalue weighted by Crippen LogP contribution is 2.21. The van der Waals surface area contributed by atoms with Crippen LogP contribution in [0, 0.1) is 0 Å². The third-order valence-corrected chi connectivity index (χ3v) is 3.41. The van der Waals surface area contributed by atoms with Crippen molar-refractivity contribution in [2.24, 2.45) is 0 Å². The van der Waals surface area contributed by atoms with Crippen LogP contribution in [-0.4, -0.2) is 23.4 Å². The van der Waals surface area contributed by atoms with Gasteiger partial charge < -0.3 is 4.90 Å². The molecule has 0 aromatic carbocycles. The van der Waals surface area contributed by atoms with Gasteiger partial charge in [-0.05, 0) is 25.7 Å². The van der Waals surface area contributed by atoms with Crippen LogP contribution in [0.1, 0.15) is 65.2 Å². The number of rotatable bonds is 6. The van der Waals surface area contributed by atoms with Gasteiger partial charge in [0, 0.05) is 19.0 Å². The maximum absolute atomic E-state index is 11.9. The normalized spacial score (nSPS) is 20.9. The van der Waals surface area contributed by atoms with E-state index >= 15 is 0 Å². The van der Waals surface area contributed by atoms with Crippen LogP contribution in [0.5, 0.6) is 0 Å². The third kappa shape index (κ3) is 3.84. The topological polar surface area (TPSA) is 20.3 Å². The molecule has 1 saturated heterocycles. The van der Waals surface area contributed by atoms with E-state index in [9.17, 15) is 4.79 Å². The zero-order valence-corrected chi connectivity index (χ0v) is 10.3. The zero-order valence-electron chi connectivity index (χ0n) is 10.3.